The maximum atomic E-state index is 13.2. The van der Waals surface area contributed by atoms with Gasteiger partial charge in [0.25, 0.3) is 5.91 Å². The average Bonchev–Trinajstić information content (AvgIpc) is 2.94. The smallest absolute Gasteiger partial charge is 0.258 e. The van der Waals surface area contributed by atoms with Crippen LogP contribution in [0.2, 0.25) is 0 Å². The van der Waals surface area contributed by atoms with Crippen LogP contribution in [-0.4, -0.2) is 20.7 Å². The molecule has 1 aromatic heterocycles. The summed E-state index contributed by atoms with van der Waals surface area (Å²) in [6.45, 7) is 2.30. The Morgan fingerprint density at radius 1 is 1.22 bits per heavy atom. The summed E-state index contributed by atoms with van der Waals surface area (Å²) >= 11 is 0. The number of aromatic nitrogens is 3. The van der Waals surface area contributed by atoms with E-state index in [-0.39, 0.29) is 17.7 Å². The largest absolute Gasteiger partial charge is 0.289 e. The molecule has 0 unspecified atom stereocenters. The third-order valence-corrected chi connectivity index (χ3v) is 3.28. The lowest BCUT2D eigenvalue weighted by Crippen LogP contribution is -2.13. The predicted molar refractivity (Wildman–Crippen MR) is 84.7 cm³/mol. The Hall–Kier alpha value is -3.02. The van der Waals surface area contributed by atoms with Gasteiger partial charge in [-0.2, -0.15) is 0 Å². The van der Waals surface area contributed by atoms with Crippen LogP contribution in [0.5, 0.6) is 0 Å². The molecule has 116 valence electrons. The van der Waals surface area contributed by atoms with E-state index in [2.05, 4.69) is 15.4 Å². The number of carbonyl (C=O) groups excluding carboxylic acids is 1. The van der Waals surface area contributed by atoms with Gasteiger partial charge in [0.1, 0.15) is 12.1 Å². The van der Waals surface area contributed by atoms with Gasteiger partial charge in [-0.3, -0.25) is 10.1 Å². The Morgan fingerprint density at radius 2 is 2.04 bits per heavy atom. The van der Waals surface area contributed by atoms with Crippen molar-refractivity contribution in [1.82, 2.24) is 14.8 Å². The normalized spacial score (nSPS) is 10.5. The van der Waals surface area contributed by atoms with Crippen molar-refractivity contribution in [3.8, 4) is 0 Å². The van der Waals surface area contributed by atoms with Gasteiger partial charge in [0.15, 0.2) is 0 Å². The van der Waals surface area contributed by atoms with Crippen molar-refractivity contribution >= 4 is 11.9 Å². The number of nitrogens with zero attached hydrogens (tertiary/aromatic N) is 3. The summed E-state index contributed by atoms with van der Waals surface area (Å²) in [5.41, 5.74) is 2.32. The fourth-order valence-electron chi connectivity index (χ4n) is 2.21. The van der Waals surface area contributed by atoms with E-state index in [4.69, 9.17) is 0 Å². The van der Waals surface area contributed by atoms with Gasteiger partial charge in [0, 0.05) is 5.56 Å². The van der Waals surface area contributed by atoms with Gasteiger partial charge in [-0.1, -0.05) is 29.8 Å². The van der Waals surface area contributed by atoms with Crippen LogP contribution in [-0.2, 0) is 6.54 Å². The maximum Gasteiger partial charge on any atom is 0.258 e. The molecule has 0 fully saturated rings. The van der Waals surface area contributed by atoms with Crippen molar-refractivity contribution in [2.45, 2.75) is 13.5 Å². The number of rotatable bonds is 4. The maximum absolute atomic E-state index is 13.2. The molecule has 0 aliphatic rings. The third kappa shape index (κ3) is 3.79. The quantitative estimate of drug-likeness (QED) is 0.806. The molecule has 1 heterocycles. The molecule has 0 bridgehead atoms. The van der Waals surface area contributed by atoms with Gasteiger partial charge in [-0.15, -0.1) is 5.10 Å². The summed E-state index contributed by atoms with van der Waals surface area (Å²) in [5, 5.41) is 6.82. The van der Waals surface area contributed by atoms with Crippen molar-refractivity contribution in [2.24, 2.45) is 0 Å². The van der Waals surface area contributed by atoms with E-state index in [1.54, 1.807) is 28.9 Å². The molecule has 3 aromatic rings. The summed E-state index contributed by atoms with van der Waals surface area (Å²) in [5.74, 6) is -0.347. The average molecular weight is 310 g/mol. The first-order valence-corrected chi connectivity index (χ1v) is 7.12. The molecule has 6 heteroatoms. The van der Waals surface area contributed by atoms with Gasteiger partial charge in [-0.25, -0.2) is 14.1 Å². The zero-order valence-electron chi connectivity index (χ0n) is 12.5. The molecular weight excluding hydrogens is 295 g/mol. The first kappa shape index (κ1) is 14.9. The third-order valence-electron chi connectivity index (χ3n) is 3.28. The number of amides is 1. The van der Waals surface area contributed by atoms with Gasteiger partial charge in [-0.05, 0) is 36.8 Å². The van der Waals surface area contributed by atoms with Gasteiger partial charge in [0.05, 0.1) is 6.54 Å². The fourth-order valence-corrected chi connectivity index (χ4v) is 2.21. The molecule has 1 N–H and O–H groups in total. The standard InChI is InChI=1S/C17H15FN4O/c1-12-4-2-6-14(8-12)16(23)20-17-19-11-22(21-17)10-13-5-3-7-15(18)9-13/h2-9,11H,10H2,1H3,(H,20,21,23). The number of aryl methyl sites for hydroxylation is 1. The van der Waals surface area contributed by atoms with Crippen LogP contribution in [0, 0.1) is 12.7 Å². The molecule has 0 spiro atoms. The predicted octanol–water partition coefficient (Wildman–Crippen LogP) is 3.03. The van der Waals surface area contributed by atoms with Crippen LogP contribution in [0.15, 0.2) is 54.9 Å². The van der Waals surface area contributed by atoms with Crippen molar-refractivity contribution in [2.75, 3.05) is 5.32 Å². The highest BCUT2D eigenvalue weighted by Crippen LogP contribution is 2.08. The molecule has 0 atom stereocenters. The second kappa shape index (κ2) is 6.39. The Bertz CT molecular complexity index is 844. The summed E-state index contributed by atoms with van der Waals surface area (Å²) < 4.78 is 14.7. The lowest BCUT2D eigenvalue weighted by molar-refractivity contribution is 0.102. The SMILES string of the molecule is Cc1cccc(C(=O)Nc2ncn(Cc3cccc(F)c3)n2)c1. The topological polar surface area (TPSA) is 59.8 Å². The highest BCUT2D eigenvalue weighted by Gasteiger charge is 2.09. The molecule has 0 saturated carbocycles. The minimum Gasteiger partial charge on any atom is -0.289 e. The molecule has 0 aliphatic heterocycles. The number of benzene rings is 2. The van der Waals surface area contributed by atoms with E-state index >= 15 is 0 Å². The summed E-state index contributed by atoms with van der Waals surface area (Å²) in [4.78, 5) is 16.2. The van der Waals surface area contributed by atoms with Crippen LogP contribution >= 0.6 is 0 Å². The zero-order valence-corrected chi connectivity index (χ0v) is 12.5. The van der Waals surface area contributed by atoms with Gasteiger partial charge < -0.3 is 0 Å². The Labute approximate surface area is 132 Å². The summed E-state index contributed by atoms with van der Waals surface area (Å²) in [6, 6.07) is 13.5. The van der Waals surface area contributed by atoms with E-state index < -0.39 is 0 Å². The molecule has 0 saturated heterocycles. The Morgan fingerprint density at radius 3 is 2.83 bits per heavy atom. The molecule has 5 nitrogen and oxygen atoms in total. The van der Waals surface area contributed by atoms with Crippen LogP contribution in [0.25, 0.3) is 0 Å². The molecular formula is C17H15FN4O. The van der Waals surface area contributed by atoms with Crippen LogP contribution in [0.4, 0.5) is 10.3 Å². The second-order valence-electron chi connectivity index (χ2n) is 5.22. The van der Waals surface area contributed by atoms with Crippen LogP contribution < -0.4 is 5.32 Å². The number of nitrogens with one attached hydrogen (secondary N) is 1. The monoisotopic (exact) mass is 310 g/mol. The number of anilines is 1. The van der Waals surface area contributed by atoms with E-state index in [0.717, 1.165) is 11.1 Å². The molecule has 3 rings (SSSR count). The van der Waals surface area contributed by atoms with Crippen molar-refractivity contribution in [1.29, 1.82) is 0 Å². The minimum atomic E-state index is -0.296. The van der Waals surface area contributed by atoms with E-state index in [0.29, 0.717) is 12.1 Å². The van der Waals surface area contributed by atoms with Crippen molar-refractivity contribution in [3.05, 3.63) is 77.4 Å². The minimum absolute atomic E-state index is 0.216. The summed E-state index contributed by atoms with van der Waals surface area (Å²) in [7, 11) is 0. The highest BCUT2D eigenvalue weighted by molar-refractivity contribution is 6.03. The molecule has 2 aromatic carbocycles. The first-order valence-electron chi connectivity index (χ1n) is 7.12. The number of carbonyl (C=O) groups is 1. The van der Waals surface area contributed by atoms with Crippen LogP contribution in [0.3, 0.4) is 0 Å². The van der Waals surface area contributed by atoms with E-state index in [9.17, 15) is 9.18 Å². The van der Waals surface area contributed by atoms with E-state index in [1.165, 1.54) is 18.5 Å². The van der Waals surface area contributed by atoms with Gasteiger partial charge >= 0.3 is 0 Å². The number of halogens is 1. The van der Waals surface area contributed by atoms with E-state index in [1.807, 2.05) is 19.1 Å². The zero-order chi connectivity index (χ0) is 16.2. The summed E-state index contributed by atoms with van der Waals surface area (Å²) in [6.07, 6.45) is 1.50. The second-order valence-corrected chi connectivity index (χ2v) is 5.22. The number of hydrogen-bond donors (Lipinski definition) is 1. The van der Waals surface area contributed by atoms with Crippen molar-refractivity contribution in [3.63, 3.8) is 0 Å². The Kier molecular flexibility index (Phi) is 4.14. The molecule has 0 radical (unpaired) electrons. The molecule has 0 aliphatic carbocycles. The number of hydrogen-bond acceptors (Lipinski definition) is 3. The lowest BCUT2D eigenvalue weighted by atomic mass is 10.1. The molecule has 23 heavy (non-hydrogen) atoms. The highest BCUT2D eigenvalue weighted by atomic mass is 19.1. The molecule has 1 amide bonds. The lowest BCUT2D eigenvalue weighted by Gasteiger charge is -2.03. The van der Waals surface area contributed by atoms with Crippen molar-refractivity contribution < 1.29 is 9.18 Å². The van der Waals surface area contributed by atoms with Gasteiger partial charge in [0.2, 0.25) is 5.95 Å². The van der Waals surface area contributed by atoms with Crippen LogP contribution in [0.1, 0.15) is 21.5 Å². The first-order chi connectivity index (χ1) is 11.1. The Balaban J connectivity index is 1.68. The fraction of sp³-hybridized carbons (Fsp3) is 0.118.